The van der Waals surface area contributed by atoms with E-state index in [0.717, 1.165) is 5.56 Å². The summed E-state index contributed by atoms with van der Waals surface area (Å²) >= 11 is 0. The van der Waals surface area contributed by atoms with Crippen molar-refractivity contribution in [1.82, 2.24) is 4.90 Å². The number of nitrogens with zero attached hydrogens (tertiary/aromatic N) is 2. The zero-order valence-corrected chi connectivity index (χ0v) is 11.3. The van der Waals surface area contributed by atoms with Gasteiger partial charge >= 0.3 is 0 Å². The zero-order valence-electron chi connectivity index (χ0n) is 11.3. The van der Waals surface area contributed by atoms with Crippen molar-refractivity contribution < 1.29 is 4.79 Å². The number of hydrogen-bond donors (Lipinski definition) is 0. The zero-order chi connectivity index (χ0) is 13.5. The molecule has 3 nitrogen and oxygen atoms in total. The number of nitriles is 1. The smallest absolute Gasteiger partial charge is 0.227 e. The molecule has 1 atom stereocenters. The van der Waals surface area contributed by atoms with Crippen LogP contribution in [-0.4, -0.2) is 23.9 Å². The average molecular weight is 244 g/mol. The summed E-state index contributed by atoms with van der Waals surface area (Å²) < 4.78 is 0. The molecule has 0 saturated heterocycles. The Morgan fingerprint density at radius 3 is 2.44 bits per heavy atom. The van der Waals surface area contributed by atoms with Gasteiger partial charge in [-0.2, -0.15) is 5.26 Å². The Morgan fingerprint density at radius 2 is 1.94 bits per heavy atom. The van der Waals surface area contributed by atoms with Crippen LogP contribution in [0.5, 0.6) is 0 Å². The van der Waals surface area contributed by atoms with Gasteiger partial charge in [-0.1, -0.05) is 44.2 Å². The molecule has 18 heavy (non-hydrogen) atoms. The molecule has 0 fully saturated rings. The van der Waals surface area contributed by atoms with E-state index >= 15 is 0 Å². The summed E-state index contributed by atoms with van der Waals surface area (Å²) in [4.78, 5) is 13.6. The van der Waals surface area contributed by atoms with Crippen molar-refractivity contribution in [1.29, 1.82) is 5.26 Å². The van der Waals surface area contributed by atoms with Crippen LogP contribution in [0.3, 0.4) is 0 Å². The van der Waals surface area contributed by atoms with Gasteiger partial charge in [-0.25, -0.2) is 0 Å². The highest BCUT2D eigenvalue weighted by atomic mass is 16.2. The number of hydrogen-bond acceptors (Lipinski definition) is 2. The van der Waals surface area contributed by atoms with Crippen molar-refractivity contribution in [3.63, 3.8) is 0 Å². The lowest BCUT2D eigenvalue weighted by molar-refractivity contribution is -0.130. The Labute approximate surface area is 109 Å². The predicted molar refractivity (Wildman–Crippen MR) is 71.8 cm³/mol. The van der Waals surface area contributed by atoms with Gasteiger partial charge in [0, 0.05) is 7.05 Å². The molecule has 0 bridgehead atoms. The van der Waals surface area contributed by atoms with E-state index in [1.54, 1.807) is 11.9 Å². The highest BCUT2D eigenvalue weighted by Crippen LogP contribution is 2.11. The summed E-state index contributed by atoms with van der Waals surface area (Å²) in [5.41, 5.74) is 0.982. The van der Waals surface area contributed by atoms with Crippen molar-refractivity contribution >= 4 is 5.91 Å². The molecular weight excluding hydrogens is 224 g/mol. The van der Waals surface area contributed by atoms with Crippen molar-refractivity contribution in [3.8, 4) is 6.07 Å². The van der Waals surface area contributed by atoms with E-state index in [4.69, 9.17) is 5.26 Å². The van der Waals surface area contributed by atoms with E-state index < -0.39 is 0 Å². The fourth-order valence-corrected chi connectivity index (χ4v) is 1.81. The first-order chi connectivity index (χ1) is 8.54. The van der Waals surface area contributed by atoms with Gasteiger partial charge in [-0.3, -0.25) is 4.79 Å². The first kappa shape index (κ1) is 14.2. The molecule has 0 aliphatic rings. The molecule has 1 unspecified atom stereocenters. The summed E-state index contributed by atoms with van der Waals surface area (Å²) in [7, 11) is 1.71. The molecule has 0 radical (unpaired) electrons. The minimum absolute atomic E-state index is 0.00611. The highest BCUT2D eigenvalue weighted by molar-refractivity contribution is 5.79. The number of amides is 1. The molecule has 0 aromatic heterocycles. The molecular formula is C15H20N2O. The molecule has 0 N–H and O–H groups in total. The number of rotatable bonds is 5. The van der Waals surface area contributed by atoms with Crippen LogP contribution < -0.4 is 0 Å². The number of benzene rings is 1. The molecule has 1 amide bonds. The average Bonchev–Trinajstić information content (AvgIpc) is 2.36. The lowest BCUT2D eigenvalue weighted by atomic mass is 10.0. The van der Waals surface area contributed by atoms with Crippen LogP contribution in [0.4, 0.5) is 0 Å². The monoisotopic (exact) mass is 244 g/mol. The van der Waals surface area contributed by atoms with Gasteiger partial charge in [-0.05, 0) is 17.9 Å². The van der Waals surface area contributed by atoms with Gasteiger partial charge < -0.3 is 4.90 Å². The van der Waals surface area contributed by atoms with Gasteiger partial charge in [0.15, 0.2) is 0 Å². The van der Waals surface area contributed by atoms with Crippen LogP contribution in [0.2, 0.25) is 0 Å². The SMILES string of the molecule is CC(C)CC(C#N)N(C)C(=O)Cc1ccccc1. The predicted octanol–water partition coefficient (Wildman–Crippen LogP) is 2.63. The summed E-state index contributed by atoms with van der Waals surface area (Å²) in [5.74, 6) is 0.398. The molecule has 3 heteroatoms. The Morgan fingerprint density at radius 1 is 1.33 bits per heavy atom. The molecule has 0 saturated carbocycles. The third-order valence-electron chi connectivity index (χ3n) is 2.90. The van der Waals surface area contributed by atoms with Gasteiger partial charge in [0.2, 0.25) is 5.91 Å². The molecule has 1 aromatic carbocycles. The Bertz CT molecular complexity index is 420. The van der Waals surface area contributed by atoms with Gasteiger partial charge in [-0.15, -0.1) is 0 Å². The van der Waals surface area contributed by atoms with Gasteiger partial charge in [0.25, 0.3) is 0 Å². The molecule has 96 valence electrons. The fourth-order valence-electron chi connectivity index (χ4n) is 1.81. The van der Waals surface area contributed by atoms with Gasteiger partial charge in [0.1, 0.15) is 6.04 Å². The second-order valence-corrected chi connectivity index (χ2v) is 4.94. The lowest BCUT2D eigenvalue weighted by Gasteiger charge is -2.24. The van der Waals surface area contributed by atoms with Crippen LogP contribution >= 0.6 is 0 Å². The van der Waals surface area contributed by atoms with E-state index in [1.165, 1.54) is 0 Å². The number of likely N-dealkylation sites (N-methyl/N-ethyl adjacent to an activating group) is 1. The molecule has 0 aliphatic carbocycles. The summed E-state index contributed by atoms with van der Waals surface area (Å²) in [6.45, 7) is 4.11. The molecule has 0 heterocycles. The maximum atomic E-state index is 12.1. The molecule has 1 rings (SSSR count). The third-order valence-corrected chi connectivity index (χ3v) is 2.90. The Hall–Kier alpha value is -1.82. The lowest BCUT2D eigenvalue weighted by Crippen LogP contribution is -2.37. The van der Waals surface area contributed by atoms with Crippen molar-refractivity contribution in [3.05, 3.63) is 35.9 Å². The van der Waals surface area contributed by atoms with Crippen LogP contribution in [0.1, 0.15) is 25.8 Å². The second-order valence-electron chi connectivity index (χ2n) is 4.94. The van der Waals surface area contributed by atoms with Gasteiger partial charge in [0.05, 0.1) is 12.5 Å². The standard InChI is InChI=1S/C15H20N2O/c1-12(2)9-14(11-16)17(3)15(18)10-13-7-5-4-6-8-13/h4-8,12,14H,9-10H2,1-3H3. The first-order valence-corrected chi connectivity index (χ1v) is 6.23. The third kappa shape index (κ3) is 4.21. The molecule has 1 aromatic rings. The van der Waals surface area contributed by atoms with Crippen molar-refractivity contribution in [2.45, 2.75) is 32.7 Å². The first-order valence-electron chi connectivity index (χ1n) is 6.23. The van der Waals surface area contributed by atoms with Crippen LogP contribution in [0.15, 0.2) is 30.3 Å². The summed E-state index contributed by atoms with van der Waals surface area (Å²) in [6, 6.07) is 11.5. The Kier molecular flexibility index (Phi) is 5.38. The minimum atomic E-state index is -0.332. The minimum Gasteiger partial charge on any atom is -0.329 e. The normalized spacial score (nSPS) is 11.9. The maximum absolute atomic E-state index is 12.1. The van der Waals surface area contributed by atoms with E-state index in [9.17, 15) is 4.79 Å². The topological polar surface area (TPSA) is 44.1 Å². The van der Waals surface area contributed by atoms with E-state index in [-0.39, 0.29) is 11.9 Å². The van der Waals surface area contributed by atoms with Crippen LogP contribution in [0, 0.1) is 17.2 Å². The summed E-state index contributed by atoms with van der Waals surface area (Å²) in [6.07, 6.45) is 1.07. The van der Waals surface area contributed by atoms with Crippen LogP contribution in [0.25, 0.3) is 0 Å². The maximum Gasteiger partial charge on any atom is 0.227 e. The molecule has 0 aliphatic heterocycles. The largest absolute Gasteiger partial charge is 0.329 e. The van der Waals surface area contributed by atoms with Crippen LogP contribution in [-0.2, 0) is 11.2 Å². The number of carbonyl (C=O) groups is 1. The fraction of sp³-hybridized carbons (Fsp3) is 0.467. The van der Waals surface area contributed by atoms with Crippen molar-refractivity contribution in [2.75, 3.05) is 7.05 Å². The number of carbonyl (C=O) groups excluding carboxylic acids is 1. The van der Waals surface area contributed by atoms with E-state index in [1.807, 2.05) is 30.3 Å². The highest BCUT2D eigenvalue weighted by Gasteiger charge is 2.20. The Balaban J connectivity index is 2.63. The summed E-state index contributed by atoms with van der Waals surface area (Å²) in [5, 5.41) is 9.12. The van der Waals surface area contributed by atoms with E-state index in [2.05, 4.69) is 19.9 Å². The van der Waals surface area contributed by atoms with E-state index in [0.29, 0.717) is 18.8 Å². The van der Waals surface area contributed by atoms with Crippen molar-refractivity contribution in [2.24, 2.45) is 5.92 Å². The molecule has 0 spiro atoms. The quantitative estimate of drug-likeness (QED) is 0.799. The second kappa shape index (κ2) is 6.80.